The van der Waals surface area contributed by atoms with Crippen LogP contribution in [0.5, 0.6) is 5.88 Å². The molecule has 2 aromatic heterocycles. The van der Waals surface area contributed by atoms with Gasteiger partial charge in [0, 0.05) is 48.5 Å². The lowest BCUT2D eigenvalue weighted by Crippen LogP contribution is -2.50. The Hall–Kier alpha value is -3.64. The molecule has 12 heteroatoms. The van der Waals surface area contributed by atoms with E-state index in [1.807, 2.05) is 32.9 Å². The van der Waals surface area contributed by atoms with Gasteiger partial charge in [0.2, 0.25) is 11.8 Å². The number of carbonyl (C=O) groups excluding carboxylic acids is 1. The Bertz CT molecular complexity index is 1550. The number of carboxylic acids is 1. The van der Waals surface area contributed by atoms with Crippen LogP contribution in [-0.2, 0) is 16.0 Å². The summed E-state index contributed by atoms with van der Waals surface area (Å²) in [5.74, 6) is 0.205. The lowest BCUT2D eigenvalue weighted by molar-refractivity contribution is -0.137. The standard InChI is InChI=1S/C34H46N6O5S/c1-34(2,3)45-33(43)40-18-16-39(17-19-40)24-9-7-22(8-10-24)35-32-36-30(44-25-13-11-23(12-14-25)38(4)5)29-28-21(20-27(41)42)6-15-26(28)46-31(29)37-32/h7-10,21,23,25H,6,11-20H2,1-5H3,(H,41,42)(H,35,36,37). The van der Waals surface area contributed by atoms with Crippen molar-refractivity contribution in [2.75, 3.05) is 50.5 Å². The molecule has 6 rings (SSSR count). The molecule has 248 valence electrons. The first kappa shape index (κ1) is 32.3. The average Bonchev–Trinajstić information content (AvgIpc) is 3.56. The summed E-state index contributed by atoms with van der Waals surface area (Å²) in [6.45, 7) is 8.34. The van der Waals surface area contributed by atoms with Gasteiger partial charge in [0.15, 0.2) is 0 Å². The Labute approximate surface area is 274 Å². The van der Waals surface area contributed by atoms with E-state index in [4.69, 9.17) is 19.4 Å². The van der Waals surface area contributed by atoms with Gasteiger partial charge in [0.05, 0.1) is 11.8 Å². The molecule has 1 amide bonds. The highest BCUT2D eigenvalue weighted by Crippen LogP contribution is 2.48. The molecule has 1 atom stereocenters. The van der Waals surface area contributed by atoms with E-state index in [9.17, 15) is 14.7 Å². The Kier molecular flexibility index (Phi) is 9.29. The number of rotatable bonds is 8. The highest BCUT2D eigenvalue weighted by Gasteiger charge is 2.33. The van der Waals surface area contributed by atoms with Crippen molar-refractivity contribution < 1.29 is 24.2 Å². The molecule has 2 fully saturated rings. The molecular formula is C34H46N6O5S. The maximum Gasteiger partial charge on any atom is 0.410 e. The number of thiophene rings is 1. The predicted octanol–water partition coefficient (Wildman–Crippen LogP) is 6.25. The Morgan fingerprint density at radius 2 is 1.72 bits per heavy atom. The first-order valence-corrected chi connectivity index (χ1v) is 17.2. The SMILES string of the molecule is CN(C)C1CCC(Oc2nc(Nc3ccc(N4CCN(C(=O)OC(C)(C)C)CC4)cc3)nc3sc4c(c23)C(CC(=O)O)CC4)CC1. The zero-order valence-electron chi connectivity index (χ0n) is 27.5. The van der Waals surface area contributed by atoms with Gasteiger partial charge in [-0.2, -0.15) is 4.98 Å². The summed E-state index contributed by atoms with van der Waals surface area (Å²) in [7, 11) is 4.27. The van der Waals surface area contributed by atoms with Crippen molar-refractivity contribution in [3.05, 3.63) is 34.7 Å². The number of benzene rings is 1. The van der Waals surface area contributed by atoms with Gasteiger partial charge in [-0.25, -0.2) is 9.78 Å². The van der Waals surface area contributed by atoms with Gasteiger partial charge in [0.25, 0.3) is 0 Å². The molecule has 1 unspecified atom stereocenters. The molecule has 3 aliphatic rings. The molecule has 11 nitrogen and oxygen atoms in total. The number of hydrogen-bond acceptors (Lipinski definition) is 10. The summed E-state index contributed by atoms with van der Waals surface area (Å²) in [5, 5.41) is 13.9. The highest BCUT2D eigenvalue weighted by atomic mass is 32.1. The van der Waals surface area contributed by atoms with E-state index in [1.165, 1.54) is 4.88 Å². The highest BCUT2D eigenvalue weighted by molar-refractivity contribution is 7.19. The van der Waals surface area contributed by atoms with Gasteiger partial charge in [-0.05, 0) is 109 Å². The Balaban J connectivity index is 1.18. The molecule has 1 aliphatic heterocycles. The van der Waals surface area contributed by atoms with Gasteiger partial charge < -0.3 is 34.6 Å². The molecule has 46 heavy (non-hydrogen) atoms. The molecule has 0 radical (unpaired) electrons. The summed E-state index contributed by atoms with van der Waals surface area (Å²) >= 11 is 1.63. The number of aliphatic carboxylic acids is 1. The van der Waals surface area contributed by atoms with Crippen molar-refractivity contribution in [1.29, 1.82) is 0 Å². The lowest BCUT2D eigenvalue weighted by atomic mass is 9.92. The van der Waals surface area contributed by atoms with Gasteiger partial charge in [-0.3, -0.25) is 4.79 Å². The number of carboxylic acid groups (broad SMARTS) is 1. The van der Waals surface area contributed by atoms with E-state index < -0.39 is 11.6 Å². The van der Waals surface area contributed by atoms with Gasteiger partial charge in [-0.15, -0.1) is 11.3 Å². The number of fused-ring (bicyclic) bond motifs is 3. The van der Waals surface area contributed by atoms with E-state index in [0.29, 0.717) is 31.0 Å². The number of amides is 1. The number of carbonyl (C=O) groups is 2. The van der Waals surface area contributed by atoms with Crippen LogP contribution >= 0.6 is 11.3 Å². The lowest BCUT2D eigenvalue weighted by Gasteiger charge is -2.36. The van der Waals surface area contributed by atoms with Crippen molar-refractivity contribution in [3.8, 4) is 5.88 Å². The van der Waals surface area contributed by atoms with Crippen molar-refractivity contribution in [2.24, 2.45) is 0 Å². The van der Waals surface area contributed by atoms with Crippen LogP contribution in [0.2, 0.25) is 0 Å². The summed E-state index contributed by atoms with van der Waals surface area (Å²) in [6.07, 6.45) is 5.65. The van der Waals surface area contributed by atoms with E-state index in [0.717, 1.165) is 78.8 Å². The quantitative estimate of drug-likeness (QED) is 0.290. The van der Waals surface area contributed by atoms with Crippen molar-refractivity contribution >= 4 is 50.9 Å². The zero-order valence-corrected chi connectivity index (χ0v) is 28.4. The van der Waals surface area contributed by atoms with E-state index in [-0.39, 0.29) is 24.5 Å². The minimum Gasteiger partial charge on any atom is -0.481 e. The predicted molar refractivity (Wildman–Crippen MR) is 181 cm³/mol. The smallest absolute Gasteiger partial charge is 0.410 e. The number of aromatic nitrogens is 2. The van der Waals surface area contributed by atoms with Crippen molar-refractivity contribution in [2.45, 2.75) is 89.4 Å². The molecule has 3 heterocycles. The van der Waals surface area contributed by atoms with Gasteiger partial charge in [-0.1, -0.05) is 0 Å². The van der Waals surface area contributed by atoms with E-state index in [2.05, 4.69) is 41.3 Å². The molecule has 1 saturated heterocycles. The summed E-state index contributed by atoms with van der Waals surface area (Å²) in [5.41, 5.74) is 2.51. The van der Waals surface area contributed by atoms with Crippen LogP contribution in [0.4, 0.5) is 22.1 Å². The van der Waals surface area contributed by atoms with Crippen LogP contribution in [0.25, 0.3) is 10.2 Å². The second-order valence-corrected chi connectivity index (χ2v) is 15.0. The number of piperazine rings is 1. The van der Waals surface area contributed by atoms with Gasteiger partial charge in [0.1, 0.15) is 16.5 Å². The third kappa shape index (κ3) is 7.33. The molecule has 2 aliphatic carbocycles. The Morgan fingerprint density at radius 3 is 2.35 bits per heavy atom. The number of nitrogens with zero attached hydrogens (tertiary/aromatic N) is 5. The number of nitrogens with one attached hydrogen (secondary N) is 1. The molecular weight excluding hydrogens is 604 g/mol. The fraction of sp³-hybridized carbons (Fsp3) is 0.588. The first-order chi connectivity index (χ1) is 21.9. The fourth-order valence-electron chi connectivity index (χ4n) is 6.85. The number of ether oxygens (including phenoxy) is 2. The molecule has 2 N–H and O–H groups in total. The largest absolute Gasteiger partial charge is 0.481 e. The fourth-order valence-corrected chi connectivity index (χ4v) is 8.12. The minimum absolute atomic E-state index is 0.0472. The second-order valence-electron chi connectivity index (χ2n) is 13.9. The van der Waals surface area contributed by atoms with Crippen molar-refractivity contribution in [1.82, 2.24) is 19.8 Å². The van der Waals surface area contributed by atoms with Crippen LogP contribution < -0.4 is 15.0 Å². The zero-order chi connectivity index (χ0) is 32.6. The third-order valence-electron chi connectivity index (χ3n) is 9.25. The van der Waals surface area contributed by atoms with Crippen LogP contribution in [0.15, 0.2) is 24.3 Å². The first-order valence-electron chi connectivity index (χ1n) is 16.4. The topological polar surface area (TPSA) is 120 Å². The second kappa shape index (κ2) is 13.2. The Morgan fingerprint density at radius 1 is 1.02 bits per heavy atom. The van der Waals surface area contributed by atoms with E-state index in [1.54, 1.807) is 16.2 Å². The van der Waals surface area contributed by atoms with E-state index >= 15 is 0 Å². The van der Waals surface area contributed by atoms with Crippen LogP contribution in [0, 0.1) is 0 Å². The van der Waals surface area contributed by atoms with Crippen molar-refractivity contribution in [3.63, 3.8) is 0 Å². The molecule has 1 saturated carbocycles. The van der Waals surface area contributed by atoms with Crippen LogP contribution in [0.3, 0.4) is 0 Å². The van der Waals surface area contributed by atoms with Gasteiger partial charge >= 0.3 is 12.1 Å². The number of anilines is 3. The van der Waals surface area contributed by atoms with Crippen LogP contribution in [0.1, 0.15) is 75.7 Å². The molecule has 0 bridgehead atoms. The minimum atomic E-state index is -0.783. The maximum atomic E-state index is 12.5. The summed E-state index contributed by atoms with van der Waals surface area (Å²) < 4.78 is 12.2. The molecule has 1 aromatic carbocycles. The number of hydrogen-bond donors (Lipinski definition) is 2. The normalized spacial score (nSPS) is 21.8. The third-order valence-corrected chi connectivity index (χ3v) is 10.4. The monoisotopic (exact) mass is 650 g/mol. The molecule has 3 aromatic rings. The summed E-state index contributed by atoms with van der Waals surface area (Å²) in [4.78, 5) is 42.3. The van der Waals surface area contributed by atoms with Crippen LogP contribution in [-0.4, -0.2) is 95.0 Å². The average molecular weight is 651 g/mol. The maximum absolute atomic E-state index is 12.5. The molecule has 0 spiro atoms. The number of aryl methyl sites for hydroxylation is 1. The summed E-state index contributed by atoms with van der Waals surface area (Å²) in [6, 6.07) is 8.74.